The number of ketones is 1. The van der Waals surface area contributed by atoms with E-state index in [0.29, 0.717) is 24.0 Å². The van der Waals surface area contributed by atoms with Crippen LogP contribution in [0.4, 0.5) is 8.78 Å². The van der Waals surface area contributed by atoms with Gasteiger partial charge >= 0.3 is 5.97 Å². The first kappa shape index (κ1) is 23.3. The zero-order valence-electron chi connectivity index (χ0n) is 17.4. The zero-order valence-corrected chi connectivity index (χ0v) is 17.4. The number of carbonyl (C=O) groups excluding carboxylic acids is 1. The molecular weight excluding hydrogens is 388 g/mol. The molecule has 30 heavy (non-hydrogen) atoms. The van der Waals surface area contributed by atoms with Gasteiger partial charge in [-0.3, -0.25) is 4.79 Å². The van der Waals surface area contributed by atoms with Crippen LogP contribution in [0.2, 0.25) is 0 Å². The molecule has 0 fully saturated rings. The van der Waals surface area contributed by atoms with E-state index in [1.807, 2.05) is 32.1 Å². The highest BCUT2D eigenvalue weighted by atomic mass is 19.3. The SMILES string of the molecule is CCC(C)Cc1cc(C2=CCC=C2)c(C(F)F)cc1/C=C(/C(=O)O)C(=O)/C=C\NC. The number of halogens is 2. The summed E-state index contributed by atoms with van der Waals surface area (Å²) in [5.74, 6) is -1.85. The van der Waals surface area contributed by atoms with Crippen molar-refractivity contribution in [2.75, 3.05) is 7.05 Å². The van der Waals surface area contributed by atoms with E-state index in [0.717, 1.165) is 23.6 Å². The third kappa shape index (κ3) is 5.75. The van der Waals surface area contributed by atoms with Crippen LogP contribution >= 0.6 is 0 Å². The van der Waals surface area contributed by atoms with Crippen molar-refractivity contribution in [2.24, 2.45) is 5.92 Å². The summed E-state index contributed by atoms with van der Waals surface area (Å²) in [6, 6.07) is 3.04. The van der Waals surface area contributed by atoms with Crippen LogP contribution in [-0.4, -0.2) is 23.9 Å². The number of hydrogen-bond acceptors (Lipinski definition) is 3. The van der Waals surface area contributed by atoms with Gasteiger partial charge in [0.1, 0.15) is 5.57 Å². The lowest BCUT2D eigenvalue weighted by Gasteiger charge is -2.17. The van der Waals surface area contributed by atoms with E-state index >= 15 is 0 Å². The molecule has 0 aromatic heterocycles. The van der Waals surface area contributed by atoms with Crippen LogP contribution in [0.5, 0.6) is 0 Å². The second kappa shape index (κ2) is 10.7. The summed E-state index contributed by atoms with van der Waals surface area (Å²) in [5.41, 5.74) is 1.62. The van der Waals surface area contributed by atoms with E-state index in [9.17, 15) is 23.5 Å². The third-order valence-corrected chi connectivity index (χ3v) is 5.09. The molecule has 0 spiro atoms. The number of benzene rings is 1. The Morgan fingerprint density at radius 1 is 1.30 bits per heavy atom. The van der Waals surface area contributed by atoms with Gasteiger partial charge in [0.2, 0.25) is 0 Å². The molecular formula is C24H27F2NO3. The van der Waals surface area contributed by atoms with Gasteiger partial charge in [-0.2, -0.15) is 0 Å². The highest BCUT2D eigenvalue weighted by molar-refractivity contribution is 6.24. The lowest BCUT2D eigenvalue weighted by Crippen LogP contribution is -2.12. The average Bonchev–Trinajstić information content (AvgIpc) is 3.24. The largest absolute Gasteiger partial charge is 0.478 e. The Balaban J connectivity index is 2.69. The maximum atomic E-state index is 13.9. The summed E-state index contributed by atoms with van der Waals surface area (Å²) >= 11 is 0. The first-order valence-corrected chi connectivity index (χ1v) is 9.93. The summed E-state index contributed by atoms with van der Waals surface area (Å²) in [6.45, 7) is 4.08. The van der Waals surface area contributed by atoms with Crippen molar-refractivity contribution >= 4 is 23.4 Å². The van der Waals surface area contributed by atoms with Crippen LogP contribution in [0.25, 0.3) is 11.6 Å². The highest BCUT2D eigenvalue weighted by Crippen LogP contribution is 2.35. The van der Waals surface area contributed by atoms with Crippen molar-refractivity contribution in [3.63, 3.8) is 0 Å². The average molecular weight is 415 g/mol. The first-order valence-electron chi connectivity index (χ1n) is 9.93. The summed E-state index contributed by atoms with van der Waals surface area (Å²) in [4.78, 5) is 24.0. The second-order valence-electron chi connectivity index (χ2n) is 7.30. The van der Waals surface area contributed by atoms with Gasteiger partial charge in [0.05, 0.1) is 0 Å². The molecule has 0 saturated carbocycles. The van der Waals surface area contributed by atoms with Crippen LogP contribution in [0.15, 0.2) is 48.2 Å². The van der Waals surface area contributed by atoms with E-state index in [-0.39, 0.29) is 11.5 Å². The maximum absolute atomic E-state index is 13.9. The molecule has 1 aromatic carbocycles. The minimum absolute atomic E-state index is 0.171. The van der Waals surface area contributed by atoms with Gasteiger partial charge in [-0.15, -0.1) is 0 Å². The number of carboxylic acids is 1. The normalized spacial score (nSPS) is 15.0. The van der Waals surface area contributed by atoms with Crippen LogP contribution < -0.4 is 5.32 Å². The molecule has 2 N–H and O–H groups in total. The Hall–Kier alpha value is -3.02. The molecule has 1 unspecified atom stereocenters. The van der Waals surface area contributed by atoms with Crippen LogP contribution in [0, 0.1) is 5.92 Å². The second-order valence-corrected chi connectivity index (χ2v) is 7.30. The predicted octanol–water partition coefficient (Wildman–Crippen LogP) is 5.33. The fourth-order valence-electron chi connectivity index (χ4n) is 3.24. The van der Waals surface area contributed by atoms with E-state index in [1.165, 1.54) is 18.3 Å². The number of rotatable bonds is 10. The van der Waals surface area contributed by atoms with Crippen molar-refractivity contribution in [3.05, 3.63) is 70.5 Å². The topological polar surface area (TPSA) is 66.4 Å². The van der Waals surface area contributed by atoms with Crippen molar-refractivity contribution in [1.29, 1.82) is 0 Å². The Labute approximate surface area is 175 Å². The fourth-order valence-corrected chi connectivity index (χ4v) is 3.24. The molecule has 0 heterocycles. The Morgan fingerprint density at radius 3 is 2.57 bits per heavy atom. The summed E-state index contributed by atoms with van der Waals surface area (Å²) in [6.07, 6.45) is 8.67. The van der Waals surface area contributed by atoms with Gasteiger partial charge in [-0.25, -0.2) is 13.6 Å². The minimum Gasteiger partial charge on any atom is -0.478 e. The number of carbonyl (C=O) groups is 2. The highest BCUT2D eigenvalue weighted by Gasteiger charge is 2.22. The molecule has 6 heteroatoms. The van der Waals surface area contributed by atoms with Crippen molar-refractivity contribution in [3.8, 4) is 0 Å². The molecule has 2 rings (SSSR count). The zero-order chi connectivity index (χ0) is 22.3. The van der Waals surface area contributed by atoms with Crippen LogP contribution in [0.3, 0.4) is 0 Å². The maximum Gasteiger partial charge on any atom is 0.339 e. The van der Waals surface area contributed by atoms with E-state index in [1.54, 1.807) is 13.1 Å². The molecule has 1 aromatic rings. The van der Waals surface area contributed by atoms with Gasteiger partial charge in [-0.1, -0.05) is 44.6 Å². The number of alkyl halides is 2. The molecule has 1 atom stereocenters. The molecule has 0 amide bonds. The van der Waals surface area contributed by atoms with Gasteiger partial charge in [-0.05, 0) is 53.2 Å². The van der Waals surface area contributed by atoms with Gasteiger partial charge in [0.15, 0.2) is 5.78 Å². The number of allylic oxidation sites excluding steroid dienone is 5. The molecule has 0 bridgehead atoms. The first-order chi connectivity index (χ1) is 14.3. The monoisotopic (exact) mass is 415 g/mol. The lowest BCUT2D eigenvalue weighted by atomic mass is 9.88. The third-order valence-electron chi connectivity index (χ3n) is 5.09. The number of aliphatic carboxylic acids is 1. The fraction of sp³-hybridized carbons (Fsp3) is 0.333. The minimum atomic E-state index is -2.73. The number of carboxylic acid groups (broad SMARTS) is 1. The quantitative estimate of drug-likeness (QED) is 0.308. The van der Waals surface area contributed by atoms with Gasteiger partial charge in [0.25, 0.3) is 6.43 Å². The molecule has 0 radical (unpaired) electrons. The molecule has 1 aliphatic carbocycles. The Bertz CT molecular complexity index is 927. The van der Waals surface area contributed by atoms with Crippen LogP contribution in [0.1, 0.15) is 55.4 Å². The predicted molar refractivity (Wildman–Crippen MR) is 115 cm³/mol. The Morgan fingerprint density at radius 2 is 2.03 bits per heavy atom. The van der Waals surface area contributed by atoms with Gasteiger partial charge in [0, 0.05) is 24.9 Å². The number of hydrogen-bond donors (Lipinski definition) is 2. The molecule has 0 aliphatic heterocycles. The van der Waals surface area contributed by atoms with E-state index < -0.39 is 23.8 Å². The van der Waals surface area contributed by atoms with Crippen molar-refractivity contribution in [1.82, 2.24) is 5.32 Å². The van der Waals surface area contributed by atoms with E-state index in [4.69, 9.17) is 0 Å². The smallest absolute Gasteiger partial charge is 0.339 e. The molecule has 160 valence electrons. The summed E-state index contributed by atoms with van der Waals surface area (Å²) in [5, 5.41) is 12.1. The summed E-state index contributed by atoms with van der Waals surface area (Å²) in [7, 11) is 1.58. The van der Waals surface area contributed by atoms with Crippen LogP contribution in [-0.2, 0) is 16.0 Å². The molecule has 0 saturated heterocycles. The Kier molecular flexibility index (Phi) is 8.27. The van der Waals surface area contributed by atoms with Crippen molar-refractivity contribution < 1.29 is 23.5 Å². The van der Waals surface area contributed by atoms with Crippen molar-refractivity contribution in [2.45, 2.75) is 39.5 Å². The number of nitrogens with one attached hydrogen (secondary N) is 1. The molecule has 4 nitrogen and oxygen atoms in total. The molecule has 1 aliphatic rings. The summed E-state index contributed by atoms with van der Waals surface area (Å²) < 4.78 is 27.7. The van der Waals surface area contributed by atoms with E-state index in [2.05, 4.69) is 5.32 Å². The van der Waals surface area contributed by atoms with Gasteiger partial charge < -0.3 is 10.4 Å². The lowest BCUT2D eigenvalue weighted by molar-refractivity contribution is -0.133. The standard InChI is InChI=1S/C24H27F2NO3/c1-4-15(2)11-17-12-19(16-7-5-6-8-16)20(23(25)26)13-18(17)14-21(24(29)30)22(28)9-10-27-3/h5,7-10,12-15,23,27H,4,6,11H2,1-3H3,(H,29,30)/b10-9-,21-14+.